The number of halogens is 1. The van der Waals surface area contributed by atoms with E-state index < -0.39 is 0 Å². The van der Waals surface area contributed by atoms with Gasteiger partial charge in [0.15, 0.2) is 0 Å². The number of piperidine rings is 1. The van der Waals surface area contributed by atoms with Crippen molar-refractivity contribution in [1.82, 2.24) is 15.5 Å². The number of ether oxygens (including phenoxy) is 1. The van der Waals surface area contributed by atoms with E-state index in [1.807, 2.05) is 6.07 Å². The molecule has 3 atom stereocenters. The van der Waals surface area contributed by atoms with Crippen molar-refractivity contribution < 1.29 is 23.8 Å². The summed E-state index contributed by atoms with van der Waals surface area (Å²) in [4.78, 5) is 23.4. The van der Waals surface area contributed by atoms with E-state index >= 15 is 0 Å². The van der Waals surface area contributed by atoms with Crippen molar-refractivity contribution in [2.24, 2.45) is 5.92 Å². The Morgan fingerprint density at radius 2 is 2.00 bits per heavy atom. The van der Waals surface area contributed by atoms with Crippen LogP contribution in [0.25, 0.3) is 0 Å². The molecule has 168 valence electrons. The third-order valence-electron chi connectivity index (χ3n) is 5.98. The number of nitrogens with one attached hydrogen (secondary N) is 2. The van der Waals surface area contributed by atoms with Crippen LogP contribution in [0.1, 0.15) is 37.7 Å². The van der Waals surface area contributed by atoms with E-state index in [1.165, 1.54) is 12.1 Å². The lowest BCUT2D eigenvalue weighted by molar-refractivity contribution is -0.127. The highest BCUT2D eigenvalue weighted by atomic mass is 19.1. The molecule has 0 spiro atoms. The molecule has 0 radical (unpaired) electrons. The van der Waals surface area contributed by atoms with Crippen LogP contribution in [0.3, 0.4) is 0 Å². The van der Waals surface area contributed by atoms with Crippen molar-refractivity contribution in [3.05, 3.63) is 35.6 Å². The van der Waals surface area contributed by atoms with E-state index in [-0.39, 0.29) is 36.3 Å². The lowest BCUT2D eigenvalue weighted by Gasteiger charge is -2.39. The van der Waals surface area contributed by atoms with E-state index in [4.69, 9.17) is 14.6 Å². The molecule has 3 N–H and O–H groups in total. The van der Waals surface area contributed by atoms with Crippen LogP contribution in [-0.4, -0.2) is 67.8 Å². The van der Waals surface area contributed by atoms with E-state index in [1.54, 1.807) is 13.2 Å². The molecule has 1 aliphatic carbocycles. The number of amides is 1. The molecular weight excluding hydrogens is 389 g/mol. The zero-order chi connectivity index (χ0) is 21.9. The lowest BCUT2D eigenvalue weighted by atomic mass is 9.82. The molecule has 1 saturated carbocycles. The molecular formula is C22H34FN3O4. The minimum atomic E-state index is -0.273. The predicted molar refractivity (Wildman–Crippen MR) is 113 cm³/mol. The Bertz CT molecular complexity index is 668. The number of benzene rings is 1. The Labute approximate surface area is 178 Å². The second-order valence-electron chi connectivity index (χ2n) is 8.09. The van der Waals surface area contributed by atoms with Gasteiger partial charge >= 0.3 is 0 Å². The molecule has 1 aliphatic heterocycles. The van der Waals surface area contributed by atoms with Crippen molar-refractivity contribution in [3.8, 4) is 0 Å². The highest BCUT2D eigenvalue weighted by molar-refractivity contribution is 5.78. The van der Waals surface area contributed by atoms with Crippen LogP contribution < -0.4 is 10.6 Å². The molecule has 0 aromatic heterocycles. The van der Waals surface area contributed by atoms with Gasteiger partial charge in [0, 0.05) is 31.7 Å². The van der Waals surface area contributed by atoms with E-state index in [0.717, 1.165) is 50.8 Å². The summed E-state index contributed by atoms with van der Waals surface area (Å²) in [6.45, 7) is 2.34. The number of carbonyl (C=O) groups excluding carboxylic acids is 1. The van der Waals surface area contributed by atoms with Gasteiger partial charge < -0.3 is 25.4 Å². The van der Waals surface area contributed by atoms with Crippen LogP contribution in [-0.2, 0) is 20.9 Å². The number of carboxylic acid groups (broad SMARTS) is 1. The largest absolute Gasteiger partial charge is 0.483 e. The maximum absolute atomic E-state index is 13.3. The number of rotatable bonds is 6. The Morgan fingerprint density at radius 1 is 1.30 bits per heavy atom. The Kier molecular flexibility index (Phi) is 10.2. The first-order valence-electron chi connectivity index (χ1n) is 10.5. The molecule has 0 bridgehead atoms. The zero-order valence-electron chi connectivity index (χ0n) is 17.9. The number of nitrogens with zero attached hydrogens (tertiary/aromatic N) is 1. The van der Waals surface area contributed by atoms with Crippen molar-refractivity contribution in [2.75, 3.05) is 27.2 Å². The van der Waals surface area contributed by atoms with Crippen LogP contribution in [0.2, 0.25) is 0 Å². The van der Waals surface area contributed by atoms with Gasteiger partial charge in [-0.05, 0) is 69.9 Å². The standard InChI is InChI=1S/C21H32FN3O2.CH2O2/c1-25-10-8-18(9-11-25)24-19-13-16(6-7-20(19)27-2)21(26)23-14-15-4-3-5-17(22)12-15;2-1-3/h3-5,12,16,18-20,24H,6-11,13-14H2,1-2H3,(H,23,26);1H,(H,2,3)/t16-,19+,20+;/m0./s1. The average Bonchev–Trinajstić information content (AvgIpc) is 2.74. The summed E-state index contributed by atoms with van der Waals surface area (Å²) >= 11 is 0. The number of hydrogen-bond acceptors (Lipinski definition) is 5. The van der Waals surface area contributed by atoms with E-state index in [9.17, 15) is 9.18 Å². The summed E-state index contributed by atoms with van der Waals surface area (Å²) in [5.41, 5.74) is 0.787. The SMILES string of the molecule is CO[C@@H]1CC[C@H](C(=O)NCc2cccc(F)c2)C[C@H]1NC1CCN(C)CC1.O=CO. The van der Waals surface area contributed by atoms with Crippen molar-refractivity contribution in [3.63, 3.8) is 0 Å². The number of methoxy groups -OCH3 is 1. The summed E-state index contributed by atoms with van der Waals surface area (Å²) in [5.74, 6) is -0.234. The number of hydrogen-bond donors (Lipinski definition) is 3. The maximum Gasteiger partial charge on any atom is 0.290 e. The fourth-order valence-electron chi connectivity index (χ4n) is 4.30. The fraction of sp³-hybridized carbons (Fsp3) is 0.636. The molecule has 8 heteroatoms. The van der Waals surface area contributed by atoms with Crippen LogP contribution in [0, 0.1) is 11.7 Å². The first-order valence-corrected chi connectivity index (χ1v) is 10.5. The molecule has 2 fully saturated rings. The van der Waals surface area contributed by atoms with Gasteiger partial charge in [-0.25, -0.2) is 4.39 Å². The van der Waals surface area contributed by atoms with Crippen LogP contribution in [0.15, 0.2) is 24.3 Å². The highest BCUT2D eigenvalue weighted by Crippen LogP contribution is 2.28. The normalized spacial score (nSPS) is 25.1. The van der Waals surface area contributed by atoms with Gasteiger partial charge in [-0.15, -0.1) is 0 Å². The molecule has 1 aromatic carbocycles. The van der Waals surface area contributed by atoms with Crippen molar-refractivity contribution in [2.45, 2.75) is 56.8 Å². The Hall–Kier alpha value is -2.03. The minimum Gasteiger partial charge on any atom is -0.483 e. The number of carbonyl (C=O) groups is 2. The summed E-state index contributed by atoms with van der Waals surface area (Å²) in [7, 11) is 3.92. The third kappa shape index (κ3) is 7.66. The Balaban J connectivity index is 0.00000101. The number of likely N-dealkylation sites (tertiary alicyclic amines) is 1. The molecule has 1 amide bonds. The van der Waals surface area contributed by atoms with Gasteiger partial charge in [-0.2, -0.15) is 0 Å². The molecule has 7 nitrogen and oxygen atoms in total. The topological polar surface area (TPSA) is 90.9 Å². The summed E-state index contributed by atoms with van der Waals surface area (Å²) < 4.78 is 19.0. The lowest BCUT2D eigenvalue weighted by Crippen LogP contribution is -2.53. The van der Waals surface area contributed by atoms with Gasteiger partial charge in [-0.1, -0.05) is 12.1 Å². The fourth-order valence-corrected chi connectivity index (χ4v) is 4.30. The predicted octanol–water partition coefficient (Wildman–Crippen LogP) is 2.01. The first-order chi connectivity index (χ1) is 14.5. The van der Waals surface area contributed by atoms with Crippen molar-refractivity contribution in [1.29, 1.82) is 0 Å². The molecule has 2 aliphatic rings. The molecule has 1 aromatic rings. The molecule has 30 heavy (non-hydrogen) atoms. The first kappa shape index (κ1) is 24.2. The third-order valence-corrected chi connectivity index (χ3v) is 5.98. The van der Waals surface area contributed by atoms with Gasteiger partial charge in [0.05, 0.1) is 6.10 Å². The second-order valence-corrected chi connectivity index (χ2v) is 8.09. The van der Waals surface area contributed by atoms with Crippen LogP contribution >= 0.6 is 0 Å². The van der Waals surface area contributed by atoms with Crippen LogP contribution in [0.5, 0.6) is 0 Å². The summed E-state index contributed by atoms with van der Waals surface area (Å²) in [5, 5.41) is 13.6. The summed E-state index contributed by atoms with van der Waals surface area (Å²) in [6, 6.07) is 7.08. The quantitative estimate of drug-likeness (QED) is 0.607. The minimum absolute atomic E-state index is 0.0197. The zero-order valence-corrected chi connectivity index (χ0v) is 17.9. The van der Waals surface area contributed by atoms with Gasteiger partial charge in [0.25, 0.3) is 6.47 Å². The summed E-state index contributed by atoms with van der Waals surface area (Å²) in [6.07, 6.45) is 4.95. The molecule has 3 rings (SSSR count). The highest BCUT2D eigenvalue weighted by Gasteiger charge is 2.35. The maximum atomic E-state index is 13.3. The molecule has 1 heterocycles. The monoisotopic (exact) mass is 423 g/mol. The molecule has 1 saturated heterocycles. The van der Waals surface area contributed by atoms with Gasteiger partial charge in [0.1, 0.15) is 5.82 Å². The van der Waals surface area contributed by atoms with E-state index in [2.05, 4.69) is 22.6 Å². The van der Waals surface area contributed by atoms with Gasteiger partial charge in [0.2, 0.25) is 5.91 Å². The second kappa shape index (κ2) is 12.6. The Morgan fingerprint density at radius 3 is 2.63 bits per heavy atom. The smallest absolute Gasteiger partial charge is 0.290 e. The van der Waals surface area contributed by atoms with Crippen LogP contribution in [0.4, 0.5) is 4.39 Å². The van der Waals surface area contributed by atoms with Crippen molar-refractivity contribution >= 4 is 12.4 Å². The average molecular weight is 424 g/mol. The van der Waals surface area contributed by atoms with Gasteiger partial charge in [-0.3, -0.25) is 9.59 Å². The van der Waals surface area contributed by atoms with E-state index in [0.29, 0.717) is 12.6 Å². The molecule has 0 unspecified atom stereocenters.